The van der Waals surface area contributed by atoms with Gasteiger partial charge in [-0.15, -0.1) is 0 Å². The fourth-order valence-electron chi connectivity index (χ4n) is 4.07. The first-order valence-electron chi connectivity index (χ1n) is 9.17. The van der Waals surface area contributed by atoms with E-state index in [2.05, 4.69) is 11.5 Å². The number of fused-ring (bicyclic) bond motifs is 1. The SMILES string of the molecule is C=C1C[C@@H]2OC(=O)[C@@H](CN3CCOCC3)[C@H]2[C@H](O)/C=C(\C)CC[C@@H]1O. The van der Waals surface area contributed by atoms with Crippen molar-refractivity contribution in [3.63, 3.8) is 0 Å². The summed E-state index contributed by atoms with van der Waals surface area (Å²) in [5, 5.41) is 21.0. The molecule has 2 heterocycles. The van der Waals surface area contributed by atoms with Crippen molar-refractivity contribution in [1.29, 1.82) is 0 Å². The Morgan fingerprint density at radius 1 is 1.32 bits per heavy atom. The molecule has 0 aromatic carbocycles. The van der Waals surface area contributed by atoms with Crippen LogP contribution in [0.15, 0.2) is 23.8 Å². The average molecular weight is 351 g/mol. The Labute approximate surface area is 149 Å². The lowest BCUT2D eigenvalue weighted by atomic mass is 9.80. The van der Waals surface area contributed by atoms with Crippen LogP contribution in [0.25, 0.3) is 0 Å². The number of carbonyl (C=O) groups excluding carboxylic acids is 1. The van der Waals surface area contributed by atoms with Crippen molar-refractivity contribution in [1.82, 2.24) is 4.90 Å². The highest BCUT2D eigenvalue weighted by Gasteiger charge is 2.48. The normalized spacial score (nSPS) is 40.1. The van der Waals surface area contributed by atoms with Gasteiger partial charge in [0.25, 0.3) is 0 Å². The number of nitrogens with zero attached hydrogens (tertiary/aromatic N) is 1. The molecule has 2 N–H and O–H groups in total. The van der Waals surface area contributed by atoms with Crippen LogP contribution in [-0.2, 0) is 14.3 Å². The highest BCUT2D eigenvalue weighted by Crippen LogP contribution is 2.37. The lowest BCUT2D eigenvalue weighted by molar-refractivity contribution is -0.145. The summed E-state index contributed by atoms with van der Waals surface area (Å²) in [6.07, 6.45) is 1.75. The number of allylic oxidation sites excluding steroid dienone is 1. The van der Waals surface area contributed by atoms with Gasteiger partial charge in [0.15, 0.2) is 0 Å². The molecule has 5 atom stereocenters. The molecule has 0 saturated carbocycles. The predicted octanol–water partition coefficient (Wildman–Crippen LogP) is 0.885. The molecule has 3 aliphatic rings. The standard InChI is InChI=1S/C19H29NO5/c1-12-3-4-15(21)13(2)10-17-18(16(22)9-12)14(19(23)25-17)11-20-5-7-24-8-6-20/h9,14-18,21-22H,2-8,10-11H2,1H3/b12-9+/t14-,15-,16+,17-,18-/m0/s1. The largest absolute Gasteiger partial charge is 0.461 e. The zero-order valence-corrected chi connectivity index (χ0v) is 14.9. The molecule has 2 aliphatic heterocycles. The molecule has 25 heavy (non-hydrogen) atoms. The number of ether oxygens (including phenoxy) is 2. The first kappa shape index (κ1) is 18.6. The van der Waals surface area contributed by atoms with Gasteiger partial charge in [-0.1, -0.05) is 18.2 Å². The summed E-state index contributed by atoms with van der Waals surface area (Å²) >= 11 is 0. The molecule has 6 heteroatoms. The summed E-state index contributed by atoms with van der Waals surface area (Å²) in [6, 6.07) is 0. The maximum Gasteiger partial charge on any atom is 0.311 e. The van der Waals surface area contributed by atoms with Gasteiger partial charge in [0.1, 0.15) is 6.10 Å². The lowest BCUT2D eigenvalue weighted by Crippen LogP contribution is -2.44. The Morgan fingerprint density at radius 3 is 2.76 bits per heavy atom. The third-order valence-corrected chi connectivity index (χ3v) is 5.62. The molecular formula is C19H29NO5. The van der Waals surface area contributed by atoms with Gasteiger partial charge in [-0.2, -0.15) is 0 Å². The smallest absolute Gasteiger partial charge is 0.311 e. The molecular weight excluding hydrogens is 322 g/mol. The van der Waals surface area contributed by atoms with E-state index in [0.29, 0.717) is 44.6 Å². The van der Waals surface area contributed by atoms with Crippen molar-refractivity contribution in [2.24, 2.45) is 11.8 Å². The second-order valence-electron chi connectivity index (χ2n) is 7.49. The van der Waals surface area contributed by atoms with E-state index in [1.54, 1.807) is 0 Å². The fourth-order valence-corrected chi connectivity index (χ4v) is 4.07. The van der Waals surface area contributed by atoms with Gasteiger partial charge >= 0.3 is 5.97 Å². The molecule has 0 aromatic heterocycles. The summed E-state index contributed by atoms with van der Waals surface area (Å²) < 4.78 is 11.0. The minimum atomic E-state index is -0.731. The summed E-state index contributed by atoms with van der Waals surface area (Å²) in [6.45, 7) is 9.41. The number of aliphatic hydroxyl groups is 2. The number of rotatable bonds is 2. The van der Waals surface area contributed by atoms with Crippen molar-refractivity contribution in [3.05, 3.63) is 23.8 Å². The molecule has 140 valence electrons. The molecule has 0 amide bonds. The van der Waals surface area contributed by atoms with E-state index in [9.17, 15) is 15.0 Å². The third-order valence-electron chi connectivity index (χ3n) is 5.62. The highest BCUT2D eigenvalue weighted by atomic mass is 16.6. The summed E-state index contributed by atoms with van der Waals surface area (Å²) in [4.78, 5) is 14.7. The van der Waals surface area contributed by atoms with Gasteiger partial charge in [0.2, 0.25) is 0 Å². The molecule has 0 unspecified atom stereocenters. The topological polar surface area (TPSA) is 79.2 Å². The number of hydrogen-bond donors (Lipinski definition) is 2. The quantitative estimate of drug-likeness (QED) is 0.568. The van der Waals surface area contributed by atoms with Crippen LogP contribution in [0.3, 0.4) is 0 Å². The Morgan fingerprint density at radius 2 is 2.04 bits per heavy atom. The molecule has 0 bridgehead atoms. The van der Waals surface area contributed by atoms with Crippen LogP contribution in [0, 0.1) is 11.8 Å². The van der Waals surface area contributed by atoms with Crippen molar-refractivity contribution in [2.75, 3.05) is 32.8 Å². The third kappa shape index (κ3) is 4.31. The van der Waals surface area contributed by atoms with E-state index in [-0.39, 0.29) is 17.8 Å². The van der Waals surface area contributed by atoms with Crippen LogP contribution in [0.5, 0.6) is 0 Å². The van der Waals surface area contributed by atoms with E-state index in [4.69, 9.17) is 9.47 Å². The van der Waals surface area contributed by atoms with Crippen molar-refractivity contribution in [2.45, 2.75) is 44.5 Å². The molecule has 6 nitrogen and oxygen atoms in total. The van der Waals surface area contributed by atoms with E-state index >= 15 is 0 Å². The Kier molecular flexibility index (Phi) is 5.94. The van der Waals surface area contributed by atoms with Gasteiger partial charge in [0, 0.05) is 32.0 Å². The zero-order valence-electron chi connectivity index (χ0n) is 14.9. The predicted molar refractivity (Wildman–Crippen MR) is 92.9 cm³/mol. The van der Waals surface area contributed by atoms with E-state index < -0.39 is 18.3 Å². The van der Waals surface area contributed by atoms with Crippen LogP contribution in [0.2, 0.25) is 0 Å². The summed E-state index contributed by atoms with van der Waals surface area (Å²) in [5.41, 5.74) is 1.70. The van der Waals surface area contributed by atoms with E-state index in [1.165, 1.54) is 0 Å². The molecule has 0 radical (unpaired) electrons. The molecule has 2 saturated heterocycles. The van der Waals surface area contributed by atoms with Gasteiger partial charge in [-0.25, -0.2) is 0 Å². The van der Waals surface area contributed by atoms with Crippen LogP contribution in [-0.4, -0.2) is 72.2 Å². The molecule has 2 fully saturated rings. The second kappa shape index (κ2) is 7.99. The molecule has 0 spiro atoms. The summed E-state index contributed by atoms with van der Waals surface area (Å²) in [7, 11) is 0. The van der Waals surface area contributed by atoms with Crippen LogP contribution < -0.4 is 0 Å². The number of hydrogen-bond acceptors (Lipinski definition) is 6. The van der Waals surface area contributed by atoms with Gasteiger partial charge < -0.3 is 19.7 Å². The van der Waals surface area contributed by atoms with E-state index in [0.717, 1.165) is 18.7 Å². The Balaban J connectivity index is 1.82. The monoisotopic (exact) mass is 351 g/mol. The first-order valence-corrected chi connectivity index (χ1v) is 9.17. The van der Waals surface area contributed by atoms with Crippen LogP contribution >= 0.6 is 0 Å². The molecule has 1 aliphatic carbocycles. The van der Waals surface area contributed by atoms with Crippen molar-refractivity contribution < 1.29 is 24.5 Å². The lowest BCUT2D eigenvalue weighted by Gasteiger charge is -2.32. The number of aliphatic hydroxyl groups excluding tert-OH is 2. The number of esters is 1. The fraction of sp³-hybridized carbons (Fsp3) is 0.737. The molecule has 0 aromatic rings. The molecule has 3 rings (SSSR count). The Hall–Kier alpha value is -1.21. The van der Waals surface area contributed by atoms with Crippen molar-refractivity contribution >= 4 is 5.97 Å². The van der Waals surface area contributed by atoms with Crippen molar-refractivity contribution in [3.8, 4) is 0 Å². The number of morpholine rings is 1. The Bertz CT molecular complexity index is 540. The van der Waals surface area contributed by atoms with Gasteiger partial charge in [0.05, 0.1) is 31.3 Å². The van der Waals surface area contributed by atoms with Gasteiger partial charge in [-0.05, 0) is 25.3 Å². The average Bonchev–Trinajstić information content (AvgIpc) is 2.88. The first-order chi connectivity index (χ1) is 12.0. The number of carbonyl (C=O) groups is 1. The zero-order chi connectivity index (χ0) is 18.0. The van der Waals surface area contributed by atoms with Crippen LogP contribution in [0.1, 0.15) is 26.2 Å². The summed E-state index contributed by atoms with van der Waals surface area (Å²) in [5.74, 6) is -0.938. The maximum atomic E-state index is 12.5. The highest BCUT2D eigenvalue weighted by molar-refractivity contribution is 5.76. The van der Waals surface area contributed by atoms with Crippen LogP contribution in [0.4, 0.5) is 0 Å². The van der Waals surface area contributed by atoms with Gasteiger partial charge in [-0.3, -0.25) is 9.69 Å². The minimum Gasteiger partial charge on any atom is -0.461 e. The second-order valence-corrected chi connectivity index (χ2v) is 7.49. The van der Waals surface area contributed by atoms with E-state index in [1.807, 2.05) is 13.0 Å². The maximum absolute atomic E-state index is 12.5. The minimum absolute atomic E-state index is 0.256.